The van der Waals surface area contributed by atoms with E-state index in [9.17, 15) is 9.59 Å². The minimum Gasteiger partial charge on any atom is -0.468 e. The number of rotatable bonds is 7. The highest BCUT2D eigenvalue weighted by molar-refractivity contribution is 5.72. The van der Waals surface area contributed by atoms with Crippen molar-refractivity contribution in [2.24, 2.45) is 5.92 Å². The third-order valence-corrected chi connectivity index (χ3v) is 6.07. The number of hydrogen-bond donors (Lipinski definition) is 0. The molecule has 0 N–H and O–H groups in total. The Kier molecular flexibility index (Phi) is 8.81. The van der Waals surface area contributed by atoms with E-state index < -0.39 is 5.60 Å². The predicted octanol–water partition coefficient (Wildman–Crippen LogP) is 4.34. The van der Waals surface area contributed by atoms with E-state index in [1.54, 1.807) is 9.80 Å². The van der Waals surface area contributed by atoms with Gasteiger partial charge in [-0.25, -0.2) is 4.79 Å². The Morgan fingerprint density at radius 3 is 2.45 bits per heavy atom. The van der Waals surface area contributed by atoms with Gasteiger partial charge in [-0.3, -0.25) is 4.79 Å². The van der Waals surface area contributed by atoms with Crippen molar-refractivity contribution in [3.63, 3.8) is 0 Å². The van der Waals surface area contributed by atoms with Crippen LogP contribution in [0, 0.1) is 5.92 Å². The average molecular weight is 460 g/mol. The minimum atomic E-state index is -0.565. The van der Waals surface area contributed by atoms with E-state index in [0.717, 1.165) is 17.7 Å². The largest absolute Gasteiger partial charge is 0.468 e. The molecule has 184 valence electrons. The van der Waals surface area contributed by atoms with Crippen molar-refractivity contribution in [2.45, 2.75) is 59.1 Å². The van der Waals surface area contributed by atoms with Crippen molar-refractivity contribution in [3.8, 4) is 0 Å². The topological polar surface area (TPSA) is 62.3 Å². The molecule has 1 aliphatic carbocycles. The molecule has 2 aliphatic rings. The van der Waals surface area contributed by atoms with Crippen molar-refractivity contribution in [3.05, 3.63) is 47.3 Å². The summed E-state index contributed by atoms with van der Waals surface area (Å²) in [4.78, 5) is 30.4. The van der Waals surface area contributed by atoms with Gasteiger partial charge in [-0.15, -0.1) is 0 Å². The second-order valence-electron chi connectivity index (χ2n) is 10.1. The molecule has 0 aromatic carbocycles. The Labute approximate surface area is 199 Å². The summed E-state index contributed by atoms with van der Waals surface area (Å²) in [6.07, 6.45) is 8.04. The van der Waals surface area contributed by atoms with Gasteiger partial charge in [0, 0.05) is 44.0 Å². The molecule has 1 heterocycles. The quantitative estimate of drug-likeness (QED) is 0.528. The summed E-state index contributed by atoms with van der Waals surface area (Å²) >= 11 is 0. The first-order chi connectivity index (χ1) is 15.3. The van der Waals surface area contributed by atoms with Crippen LogP contribution in [0.15, 0.2) is 47.3 Å². The summed E-state index contributed by atoms with van der Waals surface area (Å²) in [6, 6.07) is 0.226. The molecule has 0 fully saturated rings. The lowest BCUT2D eigenvalue weighted by Gasteiger charge is -2.40. The number of methoxy groups -OCH3 is 1. The van der Waals surface area contributed by atoms with Crippen molar-refractivity contribution in [2.75, 3.05) is 40.8 Å². The van der Waals surface area contributed by atoms with E-state index in [-0.39, 0.29) is 24.6 Å². The van der Waals surface area contributed by atoms with E-state index in [1.165, 1.54) is 12.7 Å². The summed E-state index contributed by atoms with van der Waals surface area (Å²) in [5.74, 6) is 0.168. The minimum absolute atomic E-state index is 0.0894. The van der Waals surface area contributed by atoms with Gasteiger partial charge in [0.15, 0.2) is 0 Å². The van der Waals surface area contributed by atoms with Gasteiger partial charge in [-0.05, 0) is 38.7 Å². The fraction of sp³-hybridized carbons (Fsp3) is 0.615. The SMILES string of the molecule is C=C(C1=C(N(C)C2C=CC(C(C)C)=CC2)CCN(C(=O)OC(C)(C)C)C1)N(C)CC(=O)OC. The standard InChI is InChI=1S/C26H41N3O4/c1-18(2)20-10-12-21(13-11-20)28(8)23-14-15-29(25(31)33-26(4,5)6)16-22(23)19(3)27(7)17-24(30)32-9/h10-12,18,21H,3,13-17H2,1-2,4-9H3. The summed E-state index contributed by atoms with van der Waals surface area (Å²) in [5, 5.41) is 0. The first-order valence-electron chi connectivity index (χ1n) is 11.6. The average Bonchev–Trinajstić information content (AvgIpc) is 2.76. The third-order valence-electron chi connectivity index (χ3n) is 6.07. The molecule has 1 aliphatic heterocycles. The fourth-order valence-electron chi connectivity index (χ4n) is 4.01. The molecule has 0 radical (unpaired) electrons. The summed E-state index contributed by atoms with van der Waals surface area (Å²) in [7, 11) is 5.28. The lowest BCUT2D eigenvalue weighted by atomic mass is 9.93. The maximum Gasteiger partial charge on any atom is 0.410 e. The highest BCUT2D eigenvalue weighted by Crippen LogP contribution is 2.31. The van der Waals surface area contributed by atoms with Crippen LogP contribution in [-0.2, 0) is 14.3 Å². The number of esters is 1. The lowest BCUT2D eigenvalue weighted by molar-refractivity contribution is -0.141. The van der Waals surface area contributed by atoms with Gasteiger partial charge in [0.2, 0.25) is 0 Å². The number of hydrogen-bond acceptors (Lipinski definition) is 6. The molecule has 0 aromatic heterocycles. The van der Waals surface area contributed by atoms with Gasteiger partial charge in [0.1, 0.15) is 12.1 Å². The normalized spacial score (nSPS) is 18.8. The Morgan fingerprint density at radius 2 is 1.94 bits per heavy atom. The van der Waals surface area contributed by atoms with E-state index in [0.29, 0.717) is 31.1 Å². The molecular weight excluding hydrogens is 418 g/mol. The Balaban J connectivity index is 2.32. The summed E-state index contributed by atoms with van der Waals surface area (Å²) in [5.41, 5.74) is 3.56. The van der Waals surface area contributed by atoms with Gasteiger partial charge in [0.05, 0.1) is 19.7 Å². The van der Waals surface area contributed by atoms with Gasteiger partial charge < -0.3 is 24.2 Å². The number of ether oxygens (including phenoxy) is 2. The molecule has 2 rings (SSSR count). The lowest BCUT2D eigenvalue weighted by Crippen LogP contribution is -2.45. The maximum atomic E-state index is 12.8. The van der Waals surface area contributed by atoms with Crippen LogP contribution in [0.1, 0.15) is 47.5 Å². The van der Waals surface area contributed by atoms with Gasteiger partial charge in [-0.2, -0.15) is 0 Å². The van der Waals surface area contributed by atoms with Crippen LogP contribution in [-0.4, -0.2) is 79.2 Å². The number of nitrogens with zero attached hydrogens (tertiary/aromatic N) is 3. The zero-order valence-electron chi connectivity index (χ0n) is 21.6. The van der Waals surface area contributed by atoms with Gasteiger partial charge >= 0.3 is 12.1 Å². The highest BCUT2D eigenvalue weighted by Gasteiger charge is 2.31. The number of carbonyl (C=O) groups excluding carboxylic acids is 2. The Hall–Kier alpha value is -2.70. The Morgan fingerprint density at radius 1 is 1.27 bits per heavy atom. The molecule has 33 heavy (non-hydrogen) atoms. The number of allylic oxidation sites excluding steroid dienone is 2. The molecule has 1 amide bonds. The number of amides is 1. The predicted molar refractivity (Wildman–Crippen MR) is 131 cm³/mol. The van der Waals surface area contributed by atoms with Crippen LogP contribution in [0.2, 0.25) is 0 Å². The molecule has 0 bridgehead atoms. The van der Waals surface area contributed by atoms with Crippen LogP contribution in [0.4, 0.5) is 4.79 Å². The molecule has 7 nitrogen and oxygen atoms in total. The van der Waals surface area contributed by atoms with E-state index >= 15 is 0 Å². The van der Waals surface area contributed by atoms with Crippen LogP contribution in [0.25, 0.3) is 0 Å². The first kappa shape index (κ1) is 26.6. The molecule has 1 atom stereocenters. The fourth-order valence-corrected chi connectivity index (χ4v) is 4.01. The highest BCUT2D eigenvalue weighted by atomic mass is 16.6. The van der Waals surface area contributed by atoms with Crippen LogP contribution >= 0.6 is 0 Å². The molecule has 0 aromatic rings. The van der Waals surface area contributed by atoms with Crippen molar-refractivity contribution in [1.82, 2.24) is 14.7 Å². The molecular formula is C26H41N3O4. The zero-order chi connectivity index (χ0) is 24.9. The third kappa shape index (κ3) is 7.14. The van der Waals surface area contributed by atoms with Crippen molar-refractivity contribution in [1.29, 1.82) is 0 Å². The maximum absolute atomic E-state index is 12.8. The van der Waals surface area contributed by atoms with Gasteiger partial charge in [-0.1, -0.05) is 38.7 Å². The zero-order valence-corrected chi connectivity index (χ0v) is 21.6. The molecule has 0 spiro atoms. The Bertz CT molecular complexity index is 848. The second kappa shape index (κ2) is 10.9. The molecule has 7 heteroatoms. The smallest absolute Gasteiger partial charge is 0.410 e. The summed E-state index contributed by atoms with van der Waals surface area (Å²) < 4.78 is 10.4. The molecule has 0 saturated heterocycles. The van der Waals surface area contributed by atoms with E-state index in [2.05, 4.69) is 50.6 Å². The van der Waals surface area contributed by atoms with Crippen molar-refractivity contribution < 1.29 is 19.1 Å². The molecule has 1 unspecified atom stereocenters. The number of carbonyl (C=O) groups is 2. The van der Waals surface area contributed by atoms with Crippen molar-refractivity contribution >= 4 is 12.1 Å². The number of likely N-dealkylation sites (N-methyl/N-ethyl adjacent to an activating group) is 2. The van der Waals surface area contributed by atoms with E-state index in [4.69, 9.17) is 9.47 Å². The molecule has 0 saturated carbocycles. The monoisotopic (exact) mass is 459 g/mol. The van der Waals surface area contributed by atoms with Crippen LogP contribution in [0.5, 0.6) is 0 Å². The van der Waals surface area contributed by atoms with Crippen LogP contribution in [0.3, 0.4) is 0 Å². The first-order valence-corrected chi connectivity index (χ1v) is 11.6. The van der Waals surface area contributed by atoms with Gasteiger partial charge in [0.25, 0.3) is 0 Å². The van der Waals surface area contributed by atoms with E-state index in [1.807, 2.05) is 27.8 Å². The van der Waals surface area contributed by atoms with Crippen LogP contribution < -0.4 is 0 Å². The summed E-state index contributed by atoms with van der Waals surface area (Å²) in [6.45, 7) is 15.3. The second-order valence-corrected chi connectivity index (χ2v) is 10.1.